The second kappa shape index (κ2) is 11.0. The molecular formula is C25H22N4O3. The van der Waals surface area contributed by atoms with Gasteiger partial charge in [-0.15, -0.1) is 0 Å². The maximum atomic E-state index is 12.2. The molecule has 4 aromatic rings. The number of carboxylic acids is 1. The fraction of sp³-hybridized carbons (Fsp3) is 0.0400. The van der Waals surface area contributed by atoms with Gasteiger partial charge in [-0.1, -0.05) is 66.7 Å². The van der Waals surface area contributed by atoms with E-state index in [1.807, 2.05) is 89.7 Å². The van der Waals surface area contributed by atoms with E-state index < -0.39 is 5.97 Å². The SMILES string of the molecule is CC(=O)O.O=C(NN=Cc1cn(-c2ccccc2)nc1-c1ccccc1)c1ccccc1. The van der Waals surface area contributed by atoms with Crippen LogP contribution in [0.15, 0.2) is 102 Å². The number of amides is 1. The van der Waals surface area contributed by atoms with Crippen LogP contribution >= 0.6 is 0 Å². The van der Waals surface area contributed by atoms with E-state index in [2.05, 4.69) is 10.5 Å². The number of hydrazone groups is 1. The van der Waals surface area contributed by atoms with E-state index in [9.17, 15) is 4.79 Å². The average Bonchev–Trinajstić information content (AvgIpc) is 3.24. The minimum atomic E-state index is -0.833. The van der Waals surface area contributed by atoms with Crippen molar-refractivity contribution >= 4 is 18.1 Å². The molecule has 0 aliphatic carbocycles. The Hall–Kier alpha value is -4.52. The zero-order valence-electron chi connectivity index (χ0n) is 17.4. The zero-order chi connectivity index (χ0) is 22.8. The van der Waals surface area contributed by atoms with Crippen LogP contribution in [0, 0.1) is 0 Å². The number of aromatic nitrogens is 2. The molecule has 1 aromatic heterocycles. The van der Waals surface area contributed by atoms with Gasteiger partial charge in [-0.05, 0) is 24.3 Å². The molecule has 0 saturated carbocycles. The third-order valence-electron chi connectivity index (χ3n) is 4.22. The van der Waals surface area contributed by atoms with Gasteiger partial charge in [0.05, 0.1) is 11.9 Å². The Morgan fingerprint density at radius 1 is 0.906 bits per heavy atom. The van der Waals surface area contributed by atoms with E-state index in [1.54, 1.807) is 18.3 Å². The predicted octanol–water partition coefficient (Wildman–Crippen LogP) is 4.39. The smallest absolute Gasteiger partial charge is 0.300 e. The number of carboxylic acid groups (broad SMARTS) is 1. The van der Waals surface area contributed by atoms with E-state index in [4.69, 9.17) is 15.0 Å². The van der Waals surface area contributed by atoms with Gasteiger partial charge in [0.1, 0.15) is 5.69 Å². The first-order valence-corrected chi connectivity index (χ1v) is 9.83. The van der Waals surface area contributed by atoms with Crippen molar-refractivity contribution in [1.29, 1.82) is 0 Å². The third kappa shape index (κ3) is 6.24. The topological polar surface area (TPSA) is 96.6 Å². The fourth-order valence-electron chi connectivity index (χ4n) is 2.83. The fourth-order valence-corrected chi connectivity index (χ4v) is 2.83. The van der Waals surface area contributed by atoms with Crippen molar-refractivity contribution in [3.05, 3.63) is 108 Å². The van der Waals surface area contributed by atoms with Gasteiger partial charge in [0.25, 0.3) is 11.9 Å². The molecule has 2 N–H and O–H groups in total. The van der Waals surface area contributed by atoms with E-state index in [-0.39, 0.29) is 5.91 Å². The Balaban J connectivity index is 0.000000668. The molecule has 1 amide bonds. The number of benzene rings is 3. The number of nitrogens with one attached hydrogen (secondary N) is 1. The van der Waals surface area contributed by atoms with Gasteiger partial charge in [0.15, 0.2) is 0 Å². The maximum Gasteiger partial charge on any atom is 0.300 e. The molecule has 0 aliphatic rings. The molecule has 0 aliphatic heterocycles. The summed E-state index contributed by atoms with van der Waals surface area (Å²) in [7, 11) is 0. The van der Waals surface area contributed by atoms with E-state index in [0.717, 1.165) is 29.4 Å². The quantitative estimate of drug-likeness (QED) is 0.365. The highest BCUT2D eigenvalue weighted by Crippen LogP contribution is 2.22. The lowest BCUT2D eigenvalue weighted by Gasteiger charge is -2.00. The largest absolute Gasteiger partial charge is 0.481 e. The van der Waals surface area contributed by atoms with E-state index in [0.29, 0.717) is 5.56 Å². The summed E-state index contributed by atoms with van der Waals surface area (Å²) in [6, 6.07) is 28.7. The number of carbonyl (C=O) groups excluding carboxylic acids is 1. The zero-order valence-corrected chi connectivity index (χ0v) is 17.4. The highest BCUT2D eigenvalue weighted by Gasteiger charge is 2.11. The van der Waals surface area contributed by atoms with Crippen molar-refractivity contribution in [2.75, 3.05) is 0 Å². The highest BCUT2D eigenvalue weighted by molar-refractivity contribution is 5.95. The van der Waals surface area contributed by atoms with Gasteiger partial charge in [-0.3, -0.25) is 9.59 Å². The molecule has 3 aromatic carbocycles. The molecule has 0 atom stereocenters. The predicted molar refractivity (Wildman–Crippen MR) is 124 cm³/mol. The molecular weight excluding hydrogens is 404 g/mol. The molecule has 0 radical (unpaired) electrons. The van der Waals surface area contributed by atoms with Crippen LogP contribution in [0.25, 0.3) is 16.9 Å². The van der Waals surface area contributed by atoms with Crippen molar-refractivity contribution in [2.45, 2.75) is 6.92 Å². The van der Waals surface area contributed by atoms with Crippen LogP contribution in [0.2, 0.25) is 0 Å². The van der Waals surface area contributed by atoms with Crippen molar-refractivity contribution in [3.63, 3.8) is 0 Å². The Morgan fingerprint density at radius 3 is 2.03 bits per heavy atom. The number of carbonyl (C=O) groups is 2. The number of hydrogen-bond donors (Lipinski definition) is 2. The summed E-state index contributed by atoms with van der Waals surface area (Å²) < 4.78 is 1.81. The van der Waals surface area contributed by atoms with E-state index in [1.165, 1.54) is 0 Å². The maximum absolute atomic E-state index is 12.2. The lowest BCUT2D eigenvalue weighted by atomic mass is 10.1. The van der Waals surface area contributed by atoms with Gasteiger partial charge < -0.3 is 5.11 Å². The highest BCUT2D eigenvalue weighted by atomic mass is 16.4. The summed E-state index contributed by atoms with van der Waals surface area (Å²) >= 11 is 0. The van der Waals surface area contributed by atoms with Crippen LogP contribution in [-0.2, 0) is 4.79 Å². The van der Waals surface area contributed by atoms with Crippen molar-refractivity contribution < 1.29 is 14.7 Å². The second-order valence-corrected chi connectivity index (χ2v) is 6.66. The summed E-state index contributed by atoms with van der Waals surface area (Å²) in [5.74, 6) is -1.09. The van der Waals surface area contributed by atoms with Crippen LogP contribution in [0.4, 0.5) is 0 Å². The molecule has 7 nitrogen and oxygen atoms in total. The Kier molecular flexibility index (Phi) is 7.64. The lowest BCUT2D eigenvalue weighted by Crippen LogP contribution is -2.17. The standard InChI is InChI=1S/C23H18N4O.C2H4O2/c28-23(19-12-6-2-7-13-19)25-24-16-20-17-27(21-14-8-3-9-15-21)26-22(20)18-10-4-1-5-11-18;1-2(3)4/h1-17H,(H,25,28);1H3,(H,3,4). The van der Waals surface area contributed by atoms with E-state index >= 15 is 0 Å². The summed E-state index contributed by atoms with van der Waals surface area (Å²) in [4.78, 5) is 21.2. The molecule has 7 heteroatoms. The minimum absolute atomic E-state index is 0.256. The van der Waals surface area contributed by atoms with Crippen LogP contribution in [-0.4, -0.2) is 33.0 Å². The second-order valence-electron chi connectivity index (χ2n) is 6.66. The van der Waals surface area contributed by atoms with Crippen LogP contribution in [0.3, 0.4) is 0 Å². The molecule has 160 valence electrons. The number of para-hydroxylation sites is 1. The molecule has 0 bridgehead atoms. The molecule has 32 heavy (non-hydrogen) atoms. The average molecular weight is 426 g/mol. The number of aliphatic carboxylic acids is 1. The summed E-state index contributed by atoms with van der Waals surface area (Å²) in [5, 5.41) is 16.3. The lowest BCUT2D eigenvalue weighted by molar-refractivity contribution is -0.134. The van der Waals surface area contributed by atoms with Crippen LogP contribution in [0.1, 0.15) is 22.8 Å². The van der Waals surface area contributed by atoms with Gasteiger partial charge >= 0.3 is 0 Å². The molecule has 1 heterocycles. The first-order chi connectivity index (χ1) is 15.5. The number of hydrogen-bond acceptors (Lipinski definition) is 4. The van der Waals surface area contributed by atoms with Gasteiger partial charge in [0.2, 0.25) is 0 Å². The third-order valence-corrected chi connectivity index (χ3v) is 4.22. The van der Waals surface area contributed by atoms with Crippen LogP contribution in [0.5, 0.6) is 0 Å². The molecule has 0 spiro atoms. The first-order valence-electron chi connectivity index (χ1n) is 9.83. The van der Waals surface area contributed by atoms with Crippen LogP contribution < -0.4 is 5.43 Å². The Bertz CT molecular complexity index is 1180. The van der Waals surface area contributed by atoms with Gasteiger partial charge in [-0.25, -0.2) is 10.1 Å². The van der Waals surface area contributed by atoms with Gasteiger partial charge in [0, 0.05) is 29.8 Å². The number of nitrogens with zero attached hydrogens (tertiary/aromatic N) is 3. The molecule has 0 fully saturated rings. The minimum Gasteiger partial charge on any atom is -0.481 e. The van der Waals surface area contributed by atoms with Crippen molar-refractivity contribution in [1.82, 2.24) is 15.2 Å². The molecule has 4 rings (SSSR count). The van der Waals surface area contributed by atoms with Crippen molar-refractivity contribution in [2.24, 2.45) is 5.10 Å². The Labute approximate surface area is 185 Å². The summed E-state index contributed by atoms with van der Waals surface area (Å²) in [6.45, 7) is 1.08. The monoisotopic (exact) mass is 426 g/mol. The Morgan fingerprint density at radius 2 is 1.44 bits per heavy atom. The summed E-state index contributed by atoms with van der Waals surface area (Å²) in [6.07, 6.45) is 3.52. The number of rotatable bonds is 5. The molecule has 0 saturated heterocycles. The van der Waals surface area contributed by atoms with Gasteiger partial charge in [-0.2, -0.15) is 10.2 Å². The first kappa shape index (κ1) is 22.2. The normalized spacial score (nSPS) is 10.3. The van der Waals surface area contributed by atoms with Crippen molar-refractivity contribution in [3.8, 4) is 16.9 Å². The summed E-state index contributed by atoms with van der Waals surface area (Å²) in [5.41, 5.74) is 6.66. The molecule has 0 unspecified atom stereocenters.